The van der Waals surface area contributed by atoms with Gasteiger partial charge < -0.3 is 19.6 Å². The summed E-state index contributed by atoms with van der Waals surface area (Å²) in [6.45, 7) is 3.03. The Morgan fingerprint density at radius 3 is 2.64 bits per heavy atom. The van der Waals surface area contributed by atoms with E-state index in [2.05, 4.69) is 0 Å². The molecule has 0 aliphatic carbocycles. The number of carboxylic acid groups (broad SMARTS) is 1. The predicted octanol–water partition coefficient (Wildman–Crippen LogP) is 4.22. The van der Waals surface area contributed by atoms with Crippen LogP contribution in [0, 0.1) is 5.82 Å². The maximum atomic E-state index is 13.9. The van der Waals surface area contributed by atoms with Crippen LogP contribution in [0.4, 0.5) is 9.18 Å². The van der Waals surface area contributed by atoms with Gasteiger partial charge in [-0.2, -0.15) is 0 Å². The molecule has 1 heterocycles. The zero-order valence-corrected chi connectivity index (χ0v) is 15.7. The molecular formula is C21H23FN2O4. The van der Waals surface area contributed by atoms with Crippen molar-refractivity contribution in [3.63, 3.8) is 0 Å². The second-order valence-electron chi connectivity index (χ2n) is 6.73. The molecule has 2 aromatic rings. The Kier molecular flexibility index (Phi) is 6.13. The summed E-state index contributed by atoms with van der Waals surface area (Å²) >= 11 is 0. The van der Waals surface area contributed by atoms with E-state index in [1.807, 2.05) is 25.1 Å². The summed E-state index contributed by atoms with van der Waals surface area (Å²) in [5.41, 5.74) is 0.131. The molecule has 1 N–H and O–H groups in total. The van der Waals surface area contributed by atoms with Crippen LogP contribution < -0.4 is 4.74 Å². The van der Waals surface area contributed by atoms with E-state index in [0.29, 0.717) is 31.7 Å². The Morgan fingerprint density at radius 2 is 2.00 bits per heavy atom. The van der Waals surface area contributed by atoms with E-state index in [4.69, 9.17) is 4.74 Å². The topological polar surface area (TPSA) is 70.1 Å². The first kappa shape index (κ1) is 19.7. The van der Waals surface area contributed by atoms with Crippen molar-refractivity contribution >= 4 is 12.0 Å². The molecule has 2 aromatic carbocycles. The SMILES string of the molecule is CCCN(C(=O)c1cc(F)ccc1Oc1ccccc1)[C@H]1CCN(C(=O)O)C1. The lowest BCUT2D eigenvalue weighted by Crippen LogP contribution is -2.43. The molecule has 6 nitrogen and oxygen atoms in total. The molecule has 1 aliphatic heterocycles. The number of hydrogen-bond donors (Lipinski definition) is 1. The third-order valence-electron chi connectivity index (χ3n) is 4.74. The van der Waals surface area contributed by atoms with Gasteiger partial charge in [-0.3, -0.25) is 4.79 Å². The minimum Gasteiger partial charge on any atom is -0.465 e. The minimum atomic E-state index is -0.995. The first-order valence-corrected chi connectivity index (χ1v) is 9.31. The molecule has 7 heteroatoms. The van der Waals surface area contributed by atoms with Crippen LogP contribution >= 0.6 is 0 Å². The maximum absolute atomic E-state index is 13.9. The number of carbonyl (C=O) groups excluding carboxylic acids is 1. The molecular weight excluding hydrogens is 363 g/mol. The van der Waals surface area contributed by atoms with Gasteiger partial charge in [0.15, 0.2) is 0 Å². The fourth-order valence-electron chi connectivity index (χ4n) is 3.39. The highest BCUT2D eigenvalue weighted by atomic mass is 19.1. The van der Waals surface area contributed by atoms with Crippen molar-refractivity contribution < 1.29 is 23.8 Å². The van der Waals surface area contributed by atoms with Crippen molar-refractivity contribution in [2.45, 2.75) is 25.8 Å². The number of para-hydroxylation sites is 1. The van der Waals surface area contributed by atoms with E-state index < -0.39 is 11.9 Å². The number of hydrogen-bond acceptors (Lipinski definition) is 3. The summed E-state index contributed by atoms with van der Waals surface area (Å²) in [6, 6.07) is 12.6. The minimum absolute atomic E-state index is 0.131. The van der Waals surface area contributed by atoms with Gasteiger partial charge in [-0.15, -0.1) is 0 Å². The van der Waals surface area contributed by atoms with Crippen molar-refractivity contribution in [1.29, 1.82) is 0 Å². The Labute approximate surface area is 163 Å². The lowest BCUT2D eigenvalue weighted by molar-refractivity contribution is 0.0676. The number of likely N-dealkylation sites (tertiary alicyclic amines) is 1. The number of ether oxygens (including phenoxy) is 1. The predicted molar refractivity (Wildman–Crippen MR) is 102 cm³/mol. The average molecular weight is 386 g/mol. The molecule has 0 spiro atoms. The van der Waals surface area contributed by atoms with Gasteiger partial charge in [0, 0.05) is 19.6 Å². The van der Waals surface area contributed by atoms with Crippen molar-refractivity contribution in [3.05, 3.63) is 59.9 Å². The van der Waals surface area contributed by atoms with E-state index in [-0.39, 0.29) is 29.8 Å². The molecule has 1 aliphatic rings. The average Bonchev–Trinajstić information content (AvgIpc) is 3.18. The van der Waals surface area contributed by atoms with E-state index in [0.717, 1.165) is 0 Å². The highest BCUT2D eigenvalue weighted by Gasteiger charge is 2.34. The van der Waals surface area contributed by atoms with Gasteiger partial charge in [0.25, 0.3) is 5.91 Å². The van der Waals surface area contributed by atoms with Gasteiger partial charge in [0.2, 0.25) is 0 Å². The zero-order valence-electron chi connectivity index (χ0n) is 15.7. The van der Waals surface area contributed by atoms with Crippen LogP contribution in [0.15, 0.2) is 48.5 Å². The molecule has 0 saturated carbocycles. The van der Waals surface area contributed by atoms with Crippen LogP contribution in [0.1, 0.15) is 30.1 Å². The molecule has 0 bridgehead atoms. The first-order valence-electron chi connectivity index (χ1n) is 9.31. The molecule has 1 saturated heterocycles. The summed E-state index contributed by atoms with van der Waals surface area (Å²) in [7, 11) is 0. The second kappa shape index (κ2) is 8.73. The Hall–Kier alpha value is -3.09. The zero-order chi connectivity index (χ0) is 20.1. The highest BCUT2D eigenvalue weighted by molar-refractivity contribution is 5.97. The molecule has 3 rings (SSSR count). The molecule has 28 heavy (non-hydrogen) atoms. The van der Waals surface area contributed by atoms with Crippen LogP contribution in [0.2, 0.25) is 0 Å². The van der Waals surface area contributed by atoms with Crippen LogP contribution in [-0.4, -0.2) is 52.6 Å². The lowest BCUT2D eigenvalue weighted by atomic mass is 10.1. The van der Waals surface area contributed by atoms with Gasteiger partial charge in [0.05, 0.1) is 11.6 Å². The van der Waals surface area contributed by atoms with Gasteiger partial charge in [-0.25, -0.2) is 9.18 Å². The summed E-state index contributed by atoms with van der Waals surface area (Å²) in [5, 5.41) is 9.20. The molecule has 148 valence electrons. The number of amides is 2. The normalized spacial score (nSPS) is 16.1. The molecule has 0 radical (unpaired) electrons. The van der Waals surface area contributed by atoms with E-state index >= 15 is 0 Å². The summed E-state index contributed by atoms with van der Waals surface area (Å²) in [5.74, 6) is -0.0711. The Bertz CT molecular complexity index is 844. The third kappa shape index (κ3) is 4.42. The van der Waals surface area contributed by atoms with Crippen LogP contribution in [0.25, 0.3) is 0 Å². The second-order valence-corrected chi connectivity index (χ2v) is 6.73. The van der Waals surface area contributed by atoms with Gasteiger partial charge >= 0.3 is 6.09 Å². The smallest absolute Gasteiger partial charge is 0.407 e. The van der Waals surface area contributed by atoms with Crippen LogP contribution in [0.5, 0.6) is 11.5 Å². The van der Waals surface area contributed by atoms with Crippen LogP contribution in [0.3, 0.4) is 0 Å². The van der Waals surface area contributed by atoms with Crippen molar-refractivity contribution in [2.24, 2.45) is 0 Å². The quantitative estimate of drug-likeness (QED) is 0.807. The number of rotatable bonds is 6. The summed E-state index contributed by atoms with van der Waals surface area (Å²) in [4.78, 5) is 27.4. The number of nitrogens with zero attached hydrogens (tertiary/aromatic N) is 2. The third-order valence-corrected chi connectivity index (χ3v) is 4.74. The fraction of sp³-hybridized carbons (Fsp3) is 0.333. The number of carbonyl (C=O) groups is 2. The van der Waals surface area contributed by atoms with E-state index in [1.54, 1.807) is 17.0 Å². The Morgan fingerprint density at radius 1 is 1.25 bits per heavy atom. The van der Waals surface area contributed by atoms with Gasteiger partial charge in [-0.1, -0.05) is 25.1 Å². The van der Waals surface area contributed by atoms with Gasteiger partial charge in [-0.05, 0) is 43.2 Å². The summed E-state index contributed by atoms with van der Waals surface area (Å²) in [6.07, 6.45) is 0.270. The monoisotopic (exact) mass is 386 g/mol. The standard InChI is InChI=1S/C21H23FN2O4/c1-2-11-24(16-10-12-23(14-16)21(26)27)20(25)18-13-15(22)8-9-19(18)28-17-6-4-3-5-7-17/h3-9,13,16H,2,10-12,14H2,1H3,(H,26,27)/t16-/m0/s1. The lowest BCUT2D eigenvalue weighted by Gasteiger charge is -2.29. The molecule has 0 unspecified atom stereocenters. The van der Waals surface area contributed by atoms with Crippen molar-refractivity contribution in [1.82, 2.24) is 9.80 Å². The Balaban J connectivity index is 1.88. The van der Waals surface area contributed by atoms with Crippen LogP contribution in [-0.2, 0) is 0 Å². The molecule has 2 amide bonds. The fourth-order valence-corrected chi connectivity index (χ4v) is 3.39. The van der Waals surface area contributed by atoms with Crippen molar-refractivity contribution in [2.75, 3.05) is 19.6 Å². The number of halogens is 1. The maximum Gasteiger partial charge on any atom is 0.407 e. The number of benzene rings is 2. The van der Waals surface area contributed by atoms with E-state index in [9.17, 15) is 19.1 Å². The van der Waals surface area contributed by atoms with Crippen molar-refractivity contribution in [3.8, 4) is 11.5 Å². The first-order chi connectivity index (χ1) is 13.5. The molecule has 0 aromatic heterocycles. The molecule has 1 fully saturated rings. The van der Waals surface area contributed by atoms with E-state index in [1.165, 1.54) is 23.1 Å². The largest absolute Gasteiger partial charge is 0.465 e. The molecule has 1 atom stereocenters. The highest BCUT2D eigenvalue weighted by Crippen LogP contribution is 2.29. The van der Waals surface area contributed by atoms with Gasteiger partial charge in [0.1, 0.15) is 17.3 Å². The summed E-state index contributed by atoms with van der Waals surface area (Å²) < 4.78 is 19.7.